The van der Waals surface area contributed by atoms with Crippen LogP contribution in [-0.2, 0) is 0 Å². The Kier molecular flexibility index (Phi) is 2.42. The second kappa shape index (κ2) is 4.04. The molecule has 3 nitrogen and oxygen atoms in total. The Balaban J connectivity index is 1.60. The molecule has 1 aliphatic heterocycles. The Morgan fingerprint density at radius 1 is 1.37 bits per heavy atom. The van der Waals surface area contributed by atoms with E-state index in [4.69, 9.17) is 0 Å². The maximum atomic E-state index is 12.6. The molecule has 0 bridgehead atoms. The number of pyridine rings is 1. The third-order valence-corrected chi connectivity index (χ3v) is 5.75. The van der Waals surface area contributed by atoms with Crippen LogP contribution in [0, 0.1) is 5.41 Å². The monoisotopic (exact) mass is 272 g/mol. The van der Waals surface area contributed by atoms with E-state index in [0.717, 1.165) is 28.1 Å². The number of rotatable bonds is 1. The van der Waals surface area contributed by atoms with Gasteiger partial charge in [-0.1, -0.05) is 6.42 Å². The molecule has 1 amide bonds. The van der Waals surface area contributed by atoms with E-state index in [1.54, 1.807) is 17.5 Å². The highest BCUT2D eigenvalue weighted by Crippen LogP contribution is 2.48. The molecule has 0 aromatic carbocycles. The first-order valence-electron chi connectivity index (χ1n) is 6.89. The maximum absolute atomic E-state index is 12.6. The summed E-state index contributed by atoms with van der Waals surface area (Å²) in [4.78, 5) is 19.6. The number of hydrogen-bond donors (Lipinski definition) is 0. The van der Waals surface area contributed by atoms with Crippen LogP contribution in [0.3, 0.4) is 0 Å². The summed E-state index contributed by atoms with van der Waals surface area (Å²) >= 11 is 1.56. The van der Waals surface area contributed by atoms with Crippen molar-refractivity contribution in [3.8, 4) is 0 Å². The number of likely N-dealkylation sites (tertiary alicyclic amines) is 1. The van der Waals surface area contributed by atoms with Crippen molar-refractivity contribution in [2.24, 2.45) is 5.41 Å². The lowest BCUT2D eigenvalue weighted by Gasteiger charge is -2.37. The minimum atomic E-state index is 0.213. The van der Waals surface area contributed by atoms with Gasteiger partial charge in [0, 0.05) is 25.5 Å². The second-order valence-corrected chi connectivity index (χ2v) is 6.94. The normalized spacial score (nSPS) is 20.9. The van der Waals surface area contributed by atoms with Gasteiger partial charge in [0.1, 0.15) is 0 Å². The molecule has 4 heteroatoms. The third-order valence-electron chi connectivity index (χ3n) is 4.67. The first-order valence-corrected chi connectivity index (χ1v) is 7.70. The summed E-state index contributed by atoms with van der Waals surface area (Å²) in [6, 6.07) is 3.98. The van der Waals surface area contributed by atoms with E-state index in [9.17, 15) is 4.79 Å². The minimum absolute atomic E-state index is 0.213. The standard InChI is InChI=1S/C15H16N2OS/c18-14(17-7-5-15(10-17)3-1-4-15)12-8-11-2-6-16-9-13(11)19-12/h2,6,8-9H,1,3-5,7,10H2. The Labute approximate surface area is 116 Å². The predicted octanol–water partition coefficient (Wildman–Crippen LogP) is 3.31. The molecule has 4 rings (SSSR count). The van der Waals surface area contributed by atoms with E-state index in [0.29, 0.717) is 5.41 Å². The van der Waals surface area contributed by atoms with Crippen molar-refractivity contribution in [3.05, 3.63) is 29.4 Å². The second-order valence-electron chi connectivity index (χ2n) is 5.85. The van der Waals surface area contributed by atoms with E-state index in [1.165, 1.54) is 25.7 Å². The van der Waals surface area contributed by atoms with Crippen molar-refractivity contribution in [1.29, 1.82) is 0 Å². The number of amides is 1. The van der Waals surface area contributed by atoms with Crippen molar-refractivity contribution >= 4 is 27.3 Å². The zero-order valence-electron chi connectivity index (χ0n) is 10.8. The highest BCUT2D eigenvalue weighted by molar-refractivity contribution is 7.20. The van der Waals surface area contributed by atoms with E-state index in [2.05, 4.69) is 9.88 Å². The van der Waals surface area contributed by atoms with Crippen LogP contribution in [0.2, 0.25) is 0 Å². The van der Waals surface area contributed by atoms with Crippen LogP contribution in [0.1, 0.15) is 35.4 Å². The molecule has 0 N–H and O–H groups in total. The van der Waals surface area contributed by atoms with Crippen molar-refractivity contribution < 1.29 is 4.79 Å². The van der Waals surface area contributed by atoms with Gasteiger partial charge in [-0.3, -0.25) is 9.78 Å². The van der Waals surface area contributed by atoms with Crippen molar-refractivity contribution in [1.82, 2.24) is 9.88 Å². The molecule has 3 heterocycles. The average molecular weight is 272 g/mol. The van der Waals surface area contributed by atoms with Crippen LogP contribution in [0.15, 0.2) is 24.5 Å². The lowest BCUT2D eigenvalue weighted by molar-refractivity contribution is 0.0737. The van der Waals surface area contributed by atoms with E-state index >= 15 is 0 Å². The molecule has 1 aliphatic carbocycles. The predicted molar refractivity (Wildman–Crippen MR) is 76.4 cm³/mol. The number of nitrogens with zero attached hydrogens (tertiary/aromatic N) is 2. The molecule has 98 valence electrons. The number of fused-ring (bicyclic) bond motifs is 1. The van der Waals surface area contributed by atoms with Crippen LogP contribution in [-0.4, -0.2) is 28.9 Å². The molecule has 1 saturated heterocycles. The zero-order valence-corrected chi connectivity index (χ0v) is 11.6. The largest absolute Gasteiger partial charge is 0.337 e. The Hall–Kier alpha value is -1.42. The van der Waals surface area contributed by atoms with Gasteiger partial charge in [-0.05, 0) is 42.2 Å². The van der Waals surface area contributed by atoms with Gasteiger partial charge in [-0.15, -0.1) is 11.3 Å². The lowest BCUT2D eigenvalue weighted by atomic mass is 9.68. The van der Waals surface area contributed by atoms with Gasteiger partial charge in [-0.2, -0.15) is 0 Å². The molecular weight excluding hydrogens is 256 g/mol. The fourth-order valence-corrected chi connectivity index (χ4v) is 4.34. The molecular formula is C15H16N2OS. The molecule has 0 radical (unpaired) electrons. The maximum Gasteiger partial charge on any atom is 0.263 e. The summed E-state index contributed by atoms with van der Waals surface area (Å²) in [5.41, 5.74) is 0.480. The quantitative estimate of drug-likeness (QED) is 0.798. The average Bonchev–Trinajstić information content (AvgIpc) is 3.01. The summed E-state index contributed by atoms with van der Waals surface area (Å²) in [5.74, 6) is 0.213. The number of aromatic nitrogens is 1. The zero-order chi connectivity index (χ0) is 12.9. The van der Waals surface area contributed by atoms with Crippen LogP contribution in [0.4, 0.5) is 0 Å². The van der Waals surface area contributed by atoms with Crippen LogP contribution in [0.5, 0.6) is 0 Å². The SMILES string of the molecule is O=C(c1cc2ccncc2s1)N1CCC2(CCC2)C1. The number of carbonyl (C=O) groups is 1. The van der Waals surface area contributed by atoms with Crippen molar-refractivity contribution in [2.75, 3.05) is 13.1 Å². The lowest BCUT2D eigenvalue weighted by Crippen LogP contribution is -2.35. The van der Waals surface area contributed by atoms with Gasteiger partial charge >= 0.3 is 0 Å². The van der Waals surface area contributed by atoms with Crippen molar-refractivity contribution in [3.63, 3.8) is 0 Å². The highest BCUT2D eigenvalue weighted by Gasteiger charge is 2.44. The minimum Gasteiger partial charge on any atom is -0.337 e. The van der Waals surface area contributed by atoms with Gasteiger partial charge in [0.05, 0.1) is 9.58 Å². The fraction of sp³-hybridized carbons (Fsp3) is 0.467. The highest BCUT2D eigenvalue weighted by atomic mass is 32.1. The van der Waals surface area contributed by atoms with Crippen LogP contribution < -0.4 is 0 Å². The third kappa shape index (κ3) is 1.77. The summed E-state index contributed by atoms with van der Waals surface area (Å²) in [6.45, 7) is 1.91. The first kappa shape index (κ1) is 11.4. The number of thiophene rings is 1. The van der Waals surface area contributed by atoms with Gasteiger partial charge in [0.2, 0.25) is 0 Å². The van der Waals surface area contributed by atoms with Gasteiger partial charge in [0.25, 0.3) is 5.91 Å². The molecule has 2 fully saturated rings. The van der Waals surface area contributed by atoms with Crippen molar-refractivity contribution in [2.45, 2.75) is 25.7 Å². The summed E-state index contributed by atoms with van der Waals surface area (Å²) in [5, 5.41) is 1.13. The molecule has 2 aliphatic rings. The molecule has 1 spiro atoms. The van der Waals surface area contributed by atoms with Crippen LogP contribution >= 0.6 is 11.3 Å². The number of hydrogen-bond acceptors (Lipinski definition) is 3. The van der Waals surface area contributed by atoms with E-state index in [1.807, 2.05) is 18.3 Å². The van der Waals surface area contributed by atoms with Crippen LogP contribution in [0.25, 0.3) is 10.1 Å². The van der Waals surface area contributed by atoms with E-state index in [-0.39, 0.29) is 5.91 Å². The molecule has 0 atom stereocenters. The Bertz CT molecular complexity index is 611. The molecule has 2 aromatic rings. The molecule has 2 aromatic heterocycles. The molecule has 1 saturated carbocycles. The summed E-state index contributed by atoms with van der Waals surface area (Å²) in [6.07, 6.45) is 8.79. The van der Waals surface area contributed by atoms with E-state index < -0.39 is 0 Å². The first-order chi connectivity index (χ1) is 9.26. The topological polar surface area (TPSA) is 33.2 Å². The van der Waals surface area contributed by atoms with Gasteiger partial charge < -0.3 is 4.90 Å². The number of carbonyl (C=O) groups excluding carboxylic acids is 1. The molecule has 19 heavy (non-hydrogen) atoms. The Morgan fingerprint density at radius 2 is 2.26 bits per heavy atom. The van der Waals surface area contributed by atoms with Gasteiger partial charge in [-0.25, -0.2) is 0 Å². The van der Waals surface area contributed by atoms with Gasteiger partial charge in [0.15, 0.2) is 0 Å². The summed E-state index contributed by atoms with van der Waals surface area (Å²) in [7, 11) is 0. The smallest absolute Gasteiger partial charge is 0.263 e. The Morgan fingerprint density at radius 3 is 2.95 bits per heavy atom. The molecule has 0 unspecified atom stereocenters. The fourth-order valence-electron chi connectivity index (χ4n) is 3.34. The summed E-state index contributed by atoms with van der Waals surface area (Å²) < 4.78 is 1.10.